The SMILES string of the molecule is C1=Cc2nc1c(-c1ccc(-n3c4ccccc4c4ccccc43)cc1)c1ccc([nH]1)c(-c1ccc(-n3c4ccccc4c4ccccc43)cc1)c1nc(c(-c3ccc(-n4c5ccccc5c5ccccc54)cc3)c3ccc([nH]3)c2-c2ccc(-n3c4ccccc4c4ccccc43)cc2)C=C1. The smallest absolute Gasteiger partial charge is 0.0737 e. The number of hydrogen-bond acceptors (Lipinski definition) is 2. The van der Waals surface area contributed by atoms with Crippen LogP contribution in [0.3, 0.4) is 0 Å². The predicted molar refractivity (Wildman–Crippen MR) is 418 cm³/mol. The zero-order valence-corrected chi connectivity index (χ0v) is 54.0. The molecular weight excluding hydrogens is 1220 g/mol. The van der Waals surface area contributed by atoms with Gasteiger partial charge in [-0.05, 0) is 168 Å². The number of aromatic nitrogens is 8. The molecule has 8 bridgehead atoms. The number of hydrogen-bond donors (Lipinski definition) is 2. The summed E-state index contributed by atoms with van der Waals surface area (Å²) in [4.78, 5) is 19.7. The Labute approximate surface area is 573 Å². The summed E-state index contributed by atoms with van der Waals surface area (Å²) < 4.78 is 9.51. The molecule has 8 nitrogen and oxygen atoms in total. The Bertz CT molecular complexity index is 5830. The molecular formula is C92H58N8. The van der Waals surface area contributed by atoms with Crippen LogP contribution in [0, 0.1) is 0 Å². The molecule has 7 aromatic heterocycles. The van der Waals surface area contributed by atoms with Crippen molar-refractivity contribution >= 4 is 134 Å². The molecule has 0 unspecified atom stereocenters. The van der Waals surface area contributed by atoms with Crippen molar-refractivity contribution in [1.82, 2.24) is 38.2 Å². The molecule has 2 N–H and O–H groups in total. The summed E-state index contributed by atoms with van der Waals surface area (Å²) >= 11 is 0. The van der Waals surface area contributed by atoms with E-state index in [4.69, 9.17) is 9.97 Å². The molecule has 19 aromatic rings. The van der Waals surface area contributed by atoms with Crippen LogP contribution in [0.25, 0.3) is 201 Å². The molecule has 8 heteroatoms. The average Bonchev–Trinajstić information content (AvgIpc) is 1.61. The normalized spacial score (nSPS) is 12.3. The van der Waals surface area contributed by atoms with E-state index in [0.717, 1.165) is 156 Å². The number of nitrogens with zero attached hydrogens (tertiary/aromatic N) is 6. The lowest BCUT2D eigenvalue weighted by molar-refractivity contribution is 1.18. The van der Waals surface area contributed by atoms with Crippen LogP contribution in [0.2, 0.25) is 0 Å². The molecule has 0 fully saturated rings. The standard InChI is InChI=1S/C92H58N8/c1-9-25-81-65(17-1)66-18-2-10-26-82(66)97(81)61-41-33-57(34-42-61)89-73-49-51-75(93-73)90(58-35-43-62(44-36-58)98-83-27-11-3-19-67(83)68-20-4-12-28-84(68)98)77-53-55-79(95-77)92(60-39-47-64(48-40-60)100-87-31-15-7-23-71(87)72-24-8-16-32-88(72)100)80-56-54-78(96-80)91(76-52-50-74(89)94-76)59-37-45-63(46-38-59)99-85-29-13-5-21-69(85)70-22-6-14-30-86(70)99/h1-56,93,96H. The van der Waals surface area contributed by atoms with Crippen LogP contribution < -0.4 is 0 Å². The summed E-state index contributed by atoms with van der Waals surface area (Å²) in [6.07, 6.45) is 8.78. The van der Waals surface area contributed by atoms with Gasteiger partial charge in [0.05, 0.1) is 66.9 Å². The van der Waals surface area contributed by atoms with Gasteiger partial charge in [-0.3, -0.25) is 0 Å². The first kappa shape index (κ1) is 55.7. The maximum atomic E-state index is 5.80. The van der Waals surface area contributed by atoms with Crippen LogP contribution in [0.15, 0.2) is 315 Å². The minimum Gasteiger partial charge on any atom is -0.354 e. The fraction of sp³-hybridized carbons (Fsp3) is 0. The van der Waals surface area contributed by atoms with Crippen molar-refractivity contribution in [3.63, 3.8) is 0 Å². The van der Waals surface area contributed by atoms with Crippen LogP contribution in [-0.4, -0.2) is 38.2 Å². The number of benzene rings is 12. The fourth-order valence-electron chi connectivity index (χ4n) is 16.3. The van der Waals surface area contributed by atoms with Gasteiger partial charge in [0.25, 0.3) is 0 Å². The predicted octanol–water partition coefficient (Wildman–Crippen LogP) is 23.7. The van der Waals surface area contributed by atoms with E-state index in [-0.39, 0.29) is 0 Å². The first-order valence-electron chi connectivity index (χ1n) is 34.1. The molecule has 0 spiro atoms. The Hall–Kier alpha value is -13.6. The van der Waals surface area contributed by atoms with E-state index >= 15 is 0 Å². The van der Waals surface area contributed by atoms with E-state index in [9.17, 15) is 0 Å². The van der Waals surface area contributed by atoms with Gasteiger partial charge >= 0.3 is 0 Å². The number of aromatic amines is 2. The molecule has 0 saturated carbocycles. The lowest BCUT2D eigenvalue weighted by Crippen LogP contribution is -1.95. The minimum atomic E-state index is 0.840. The van der Waals surface area contributed by atoms with Crippen molar-refractivity contribution < 1.29 is 0 Å². The number of H-pyrrole nitrogens is 2. The quantitative estimate of drug-likeness (QED) is 0.159. The number of rotatable bonds is 8. The minimum absolute atomic E-state index is 0.840. The van der Waals surface area contributed by atoms with Gasteiger partial charge in [-0.25, -0.2) is 9.97 Å². The Balaban J connectivity index is 0.811. The molecule has 9 heterocycles. The molecule has 21 rings (SSSR count). The van der Waals surface area contributed by atoms with Gasteiger partial charge in [-0.2, -0.15) is 0 Å². The van der Waals surface area contributed by atoms with Crippen LogP contribution in [0.1, 0.15) is 22.8 Å². The van der Waals surface area contributed by atoms with Crippen LogP contribution in [0.4, 0.5) is 0 Å². The van der Waals surface area contributed by atoms with Gasteiger partial charge in [0, 0.05) is 110 Å². The second-order valence-corrected chi connectivity index (χ2v) is 26.2. The van der Waals surface area contributed by atoms with Gasteiger partial charge in [0.15, 0.2) is 0 Å². The molecule has 2 aliphatic rings. The maximum absolute atomic E-state index is 5.80. The molecule has 0 atom stereocenters. The Morgan fingerprint density at radius 1 is 0.180 bits per heavy atom. The number of para-hydroxylation sites is 8. The van der Waals surface area contributed by atoms with Gasteiger partial charge < -0.3 is 28.2 Å². The molecule has 0 aliphatic carbocycles. The molecule has 0 amide bonds. The molecule has 0 radical (unpaired) electrons. The first-order valence-corrected chi connectivity index (χ1v) is 34.1. The summed E-state index contributed by atoms with van der Waals surface area (Å²) in [6, 6.07) is 115. The van der Waals surface area contributed by atoms with Crippen molar-refractivity contribution in [2.24, 2.45) is 0 Å². The largest absolute Gasteiger partial charge is 0.354 e. The lowest BCUT2D eigenvalue weighted by Gasteiger charge is -2.11. The van der Waals surface area contributed by atoms with Crippen LogP contribution >= 0.6 is 0 Å². The zero-order chi connectivity index (χ0) is 65.5. The first-order chi connectivity index (χ1) is 49.6. The molecule has 2 aliphatic heterocycles. The van der Waals surface area contributed by atoms with E-state index in [1.54, 1.807) is 0 Å². The highest BCUT2D eigenvalue weighted by atomic mass is 15.0. The summed E-state index contributed by atoms with van der Waals surface area (Å²) in [5.41, 5.74) is 28.7. The summed E-state index contributed by atoms with van der Waals surface area (Å²) in [5.74, 6) is 0. The van der Waals surface area contributed by atoms with E-state index < -0.39 is 0 Å². The van der Waals surface area contributed by atoms with Crippen LogP contribution in [-0.2, 0) is 0 Å². The Morgan fingerprint density at radius 2 is 0.350 bits per heavy atom. The third kappa shape index (κ3) is 8.54. The highest BCUT2D eigenvalue weighted by Crippen LogP contribution is 2.43. The monoisotopic (exact) mass is 1270 g/mol. The van der Waals surface area contributed by atoms with Crippen molar-refractivity contribution in [2.75, 3.05) is 0 Å². The van der Waals surface area contributed by atoms with E-state index in [0.29, 0.717) is 0 Å². The van der Waals surface area contributed by atoms with E-state index in [1.807, 2.05) is 0 Å². The second-order valence-electron chi connectivity index (χ2n) is 26.2. The number of fused-ring (bicyclic) bond motifs is 20. The van der Waals surface area contributed by atoms with E-state index in [1.165, 1.54) is 43.1 Å². The number of nitrogens with one attached hydrogen (secondary N) is 2. The maximum Gasteiger partial charge on any atom is 0.0737 e. The van der Waals surface area contributed by atoms with Gasteiger partial charge in [0.2, 0.25) is 0 Å². The Kier molecular flexibility index (Phi) is 12.2. The van der Waals surface area contributed by atoms with E-state index in [2.05, 4.69) is 368 Å². The molecule has 12 aromatic carbocycles. The molecule has 466 valence electrons. The fourth-order valence-corrected chi connectivity index (χ4v) is 16.3. The van der Waals surface area contributed by atoms with Crippen molar-refractivity contribution in [1.29, 1.82) is 0 Å². The third-order valence-electron chi connectivity index (χ3n) is 20.7. The molecule has 0 saturated heterocycles. The van der Waals surface area contributed by atoms with Gasteiger partial charge in [-0.15, -0.1) is 0 Å². The summed E-state index contributed by atoms with van der Waals surface area (Å²) in [5, 5.41) is 9.80. The average molecular weight is 1280 g/mol. The molecule has 100 heavy (non-hydrogen) atoms. The van der Waals surface area contributed by atoms with Gasteiger partial charge in [-0.1, -0.05) is 194 Å². The summed E-state index contributed by atoms with van der Waals surface area (Å²) in [7, 11) is 0. The highest BCUT2D eigenvalue weighted by Gasteiger charge is 2.23. The lowest BCUT2D eigenvalue weighted by atomic mass is 10.0. The second kappa shape index (κ2) is 22.0. The Morgan fingerprint density at radius 3 is 0.530 bits per heavy atom. The van der Waals surface area contributed by atoms with Crippen molar-refractivity contribution in [3.05, 3.63) is 338 Å². The third-order valence-corrected chi connectivity index (χ3v) is 20.7. The van der Waals surface area contributed by atoms with Gasteiger partial charge in [0.1, 0.15) is 0 Å². The van der Waals surface area contributed by atoms with Crippen molar-refractivity contribution in [3.8, 4) is 67.3 Å². The zero-order valence-electron chi connectivity index (χ0n) is 54.0. The van der Waals surface area contributed by atoms with Crippen molar-refractivity contribution in [2.45, 2.75) is 0 Å². The van der Waals surface area contributed by atoms with Crippen LogP contribution in [0.5, 0.6) is 0 Å². The summed E-state index contributed by atoms with van der Waals surface area (Å²) in [6.45, 7) is 0. The topological polar surface area (TPSA) is 77.1 Å². The highest BCUT2D eigenvalue weighted by molar-refractivity contribution is 6.13.